The largest absolute Gasteiger partial charge is 0.332 e. The maximum Gasteiger partial charge on any atom is 0.321 e. The fraction of sp³-hybridized carbons (Fsp3) is 0.474. The highest BCUT2D eigenvalue weighted by atomic mass is 32.2. The number of thioether (sulfide) groups is 1. The van der Waals surface area contributed by atoms with Gasteiger partial charge in [-0.3, -0.25) is 0 Å². The van der Waals surface area contributed by atoms with Crippen LogP contribution in [0, 0.1) is 0 Å². The molecule has 0 saturated carbocycles. The average molecular weight is 359 g/mol. The van der Waals surface area contributed by atoms with E-state index in [4.69, 9.17) is 0 Å². The summed E-state index contributed by atoms with van der Waals surface area (Å²) in [6.45, 7) is 5.89. The zero-order valence-electron chi connectivity index (χ0n) is 15.1. The molecule has 2 heterocycles. The zero-order valence-corrected chi connectivity index (χ0v) is 15.9. The number of likely N-dealkylation sites (tertiary alicyclic amines) is 1. The number of anilines is 1. The van der Waals surface area contributed by atoms with Crippen LogP contribution < -0.4 is 5.32 Å². The van der Waals surface area contributed by atoms with Crippen molar-refractivity contribution in [1.29, 1.82) is 0 Å². The number of urea groups is 1. The Kier molecular flexibility index (Phi) is 5.68. The molecule has 0 unspecified atom stereocenters. The van der Waals surface area contributed by atoms with E-state index in [1.807, 2.05) is 41.6 Å². The molecule has 2 aromatic rings. The Morgan fingerprint density at radius 1 is 1.24 bits per heavy atom. The zero-order chi connectivity index (χ0) is 17.8. The molecule has 2 amide bonds. The summed E-state index contributed by atoms with van der Waals surface area (Å²) >= 11 is 1.70. The molecule has 0 aliphatic carbocycles. The van der Waals surface area contributed by atoms with E-state index in [1.54, 1.807) is 11.8 Å². The Bertz CT molecular complexity index is 702. The van der Waals surface area contributed by atoms with Crippen molar-refractivity contribution in [3.63, 3.8) is 0 Å². The lowest BCUT2D eigenvalue weighted by Crippen LogP contribution is -2.41. The number of hydrogen-bond acceptors (Lipinski definition) is 3. The van der Waals surface area contributed by atoms with Gasteiger partial charge in [0.1, 0.15) is 5.82 Å². The van der Waals surface area contributed by atoms with Gasteiger partial charge in [-0.15, -0.1) is 11.8 Å². The van der Waals surface area contributed by atoms with Crippen molar-refractivity contribution in [3.8, 4) is 0 Å². The first-order chi connectivity index (χ1) is 12.1. The molecule has 1 fully saturated rings. The molecule has 0 atom stereocenters. The fourth-order valence-electron chi connectivity index (χ4n) is 3.30. The van der Waals surface area contributed by atoms with E-state index in [1.165, 1.54) is 4.90 Å². The number of carbonyl (C=O) groups is 1. The summed E-state index contributed by atoms with van der Waals surface area (Å²) in [4.78, 5) is 20.1. The molecular weight excluding hydrogens is 332 g/mol. The maximum absolute atomic E-state index is 12.5. The van der Waals surface area contributed by atoms with Crippen LogP contribution in [0.5, 0.6) is 0 Å². The lowest BCUT2D eigenvalue weighted by molar-refractivity contribution is 0.192. The van der Waals surface area contributed by atoms with Crippen LogP contribution >= 0.6 is 11.8 Å². The summed E-state index contributed by atoms with van der Waals surface area (Å²) in [6.07, 6.45) is 7.90. The van der Waals surface area contributed by atoms with Crippen molar-refractivity contribution in [1.82, 2.24) is 14.5 Å². The number of carbonyl (C=O) groups excluding carboxylic acids is 1. The van der Waals surface area contributed by atoms with Crippen molar-refractivity contribution >= 4 is 23.5 Å². The summed E-state index contributed by atoms with van der Waals surface area (Å²) in [5, 5.41) is 3.00. The summed E-state index contributed by atoms with van der Waals surface area (Å²) < 4.78 is 2.24. The summed E-state index contributed by atoms with van der Waals surface area (Å²) in [5.74, 6) is 1.59. The van der Waals surface area contributed by atoms with Crippen molar-refractivity contribution in [2.45, 2.75) is 43.5 Å². The van der Waals surface area contributed by atoms with Crippen LogP contribution in [0.25, 0.3) is 0 Å². The van der Waals surface area contributed by atoms with Crippen molar-refractivity contribution in [3.05, 3.63) is 42.5 Å². The van der Waals surface area contributed by atoms with Gasteiger partial charge in [0.15, 0.2) is 0 Å². The third kappa shape index (κ3) is 4.18. The molecule has 1 saturated heterocycles. The molecule has 1 aromatic carbocycles. The normalized spacial score (nSPS) is 15.6. The van der Waals surface area contributed by atoms with Gasteiger partial charge in [-0.1, -0.05) is 0 Å². The second kappa shape index (κ2) is 7.95. The van der Waals surface area contributed by atoms with Crippen LogP contribution in [0.15, 0.2) is 41.6 Å². The number of nitrogens with zero attached hydrogens (tertiary/aromatic N) is 3. The Balaban J connectivity index is 1.56. The highest BCUT2D eigenvalue weighted by Crippen LogP contribution is 2.28. The molecule has 1 aliphatic heterocycles. The Morgan fingerprint density at radius 3 is 2.52 bits per heavy atom. The number of aromatic nitrogens is 2. The first-order valence-electron chi connectivity index (χ1n) is 8.81. The van der Waals surface area contributed by atoms with Crippen LogP contribution in [0.4, 0.5) is 10.5 Å². The van der Waals surface area contributed by atoms with Gasteiger partial charge in [0.05, 0.1) is 0 Å². The number of imidazole rings is 1. The van der Waals surface area contributed by atoms with Gasteiger partial charge in [0.2, 0.25) is 0 Å². The first kappa shape index (κ1) is 17.9. The SMILES string of the molecule is CSc1ccc(NC(=O)N2CCC(c3nccn3C(C)C)CC2)cc1. The van der Waals surface area contributed by atoms with Crippen molar-refractivity contribution in [2.24, 2.45) is 0 Å². The van der Waals surface area contributed by atoms with Crippen molar-refractivity contribution < 1.29 is 4.79 Å². The second-order valence-electron chi connectivity index (χ2n) is 6.71. The van der Waals surface area contributed by atoms with Gasteiger partial charge < -0.3 is 14.8 Å². The van der Waals surface area contributed by atoms with Crippen LogP contribution in [0.3, 0.4) is 0 Å². The number of rotatable bonds is 4. The lowest BCUT2D eigenvalue weighted by Gasteiger charge is -2.32. The van der Waals surface area contributed by atoms with E-state index in [2.05, 4.69) is 34.9 Å². The van der Waals surface area contributed by atoms with E-state index >= 15 is 0 Å². The van der Waals surface area contributed by atoms with E-state index < -0.39 is 0 Å². The number of piperidine rings is 1. The van der Waals surface area contributed by atoms with Crippen LogP contribution in [0.1, 0.15) is 44.5 Å². The Morgan fingerprint density at radius 2 is 1.92 bits per heavy atom. The Hall–Kier alpha value is -1.95. The predicted octanol–water partition coefficient (Wildman–Crippen LogP) is 4.60. The minimum absolute atomic E-state index is 0.0115. The van der Waals surface area contributed by atoms with Crippen LogP contribution in [-0.2, 0) is 0 Å². The second-order valence-corrected chi connectivity index (χ2v) is 7.59. The predicted molar refractivity (Wildman–Crippen MR) is 103 cm³/mol. The molecule has 3 rings (SSSR count). The number of amides is 2. The molecule has 5 nitrogen and oxygen atoms in total. The van der Waals surface area contributed by atoms with Crippen LogP contribution in [0.2, 0.25) is 0 Å². The molecule has 6 heteroatoms. The average Bonchev–Trinajstić information content (AvgIpc) is 3.12. The summed E-state index contributed by atoms with van der Waals surface area (Å²) in [6, 6.07) is 8.37. The van der Waals surface area contributed by atoms with Gasteiger partial charge in [0.25, 0.3) is 0 Å². The highest BCUT2D eigenvalue weighted by Gasteiger charge is 2.26. The molecule has 1 aliphatic rings. The molecule has 134 valence electrons. The molecule has 0 bridgehead atoms. The van der Waals surface area contributed by atoms with Gasteiger partial charge in [-0.25, -0.2) is 9.78 Å². The number of benzene rings is 1. The van der Waals surface area contributed by atoms with Gasteiger partial charge >= 0.3 is 6.03 Å². The fourth-order valence-corrected chi connectivity index (χ4v) is 3.70. The summed E-state index contributed by atoms with van der Waals surface area (Å²) in [5.41, 5.74) is 0.847. The van der Waals surface area contributed by atoms with Gasteiger partial charge in [-0.05, 0) is 57.2 Å². The molecule has 0 radical (unpaired) electrons. The lowest BCUT2D eigenvalue weighted by atomic mass is 9.96. The third-order valence-electron chi connectivity index (χ3n) is 4.74. The first-order valence-corrected chi connectivity index (χ1v) is 10.0. The van der Waals surface area contributed by atoms with E-state index in [0.29, 0.717) is 12.0 Å². The Labute approximate surface area is 153 Å². The smallest absolute Gasteiger partial charge is 0.321 e. The number of hydrogen-bond donors (Lipinski definition) is 1. The molecule has 0 spiro atoms. The topological polar surface area (TPSA) is 50.2 Å². The van der Waals surface area contributed by atoms with E-state index in [9.17, 15) is 4.79 Å². The van der Waals surface area contributed by atoms with Crippen LogP contribution in [-0.4, -0.2) is 39.8 Å². The monoisotopic (exact) mass is 358 g/mol. The van der Waals surface area contributed by atoms with E-state index in [0.717, 1.165) is 37.4 Å². The van der Waals surface area contributed by atoms with E-state index in [-0.39, 0.29) is 6.03 Å². The van der Waals surface area contributed by atoms with Crippen molar-refractivity contribution in [2.75, 3.05) is 24.7 Å². The molecular formula is C19H26N4OS. The minimum Gasteiger partial charge on any atom is -0.332 e. The third-order valence-corrected chi connectivity index (χ3v) is 5.49. The molecule has 25 heavy (non-hydrogen) atoms. The summed E-state index contributed by atoms with van der Waals surface area (Å²) in [7, 11) is 0. The van der Waals surface area contributed by atoms with Gasteiger partial charge in [-0.2, -0.15) is 0 Å². The highest BCUT2D eigenvalue weighted by molar-refractivity contribution is 7.98. The number of nitrogens with one attached hydrogen (secondary N) is 1. The molecule has 1 aromatic heterocycles. The maximum atomic E-state index is 12.5. The quantitative estimate of drug-likeness (QED) is 0.813. The minimum atomic E-state index is -0.0115. The van der Waals surface area contributed by atoms with Gasteiger partial charge in [0, 0.05) is 48.0 Å². The molecule has 1 N–H and O–H groups in total. The standard InChI is InChI=1S/C19H26N4OS/c1-14(2)23-13-10-20-18(23)15-8-11-22(12-9-15)19(24)21-16-4-6-17(25-3)7-5-16/h4-7,10,13-15H,8-9,11-12H2,1-3H3,(H,21,24).